The molecule has 120 valence electrons. The molecule has 0 radical (unpaired) electrons. The monoisotopic (exact) mass is 322 g/mol. The number of hydrogen-bond acceptors (Lipinski definition) is 4. The standard InChI is InChI=1S/C17H22N2O2.ClH/c1-13-11-17(19-7-3-4-8-19)15-6-5-14(12-16(15)18-13)21-10-9-20-2;/h5-6,11-12H,3-4,7-10H2,1-2H3;1H. The van der Waals surface area contributed by atoms with Crippen molar-refractivity contribution in [2.45, 2.75) is 19.8 Å². The lowest BCUT2D eigenvalue weighted by atomic mass is 10.1. The third-order valence-electron chi connectivity index (χ3n) is 3.89. The highest BCUT2D eigenvalue weighted by atomic mass is 35.5. The summed E-state index contributed by atoms with van der Waals surface area (Å²) < 4.78 is 10.7. The fourth-order valence-electron chi connectivity index (χ4n) is 2.87. The van der Waals surface area contributed by atoms with Gasteiger partial charge < -0.3 is 14.4 Å². The molecule has 1 aliphatic heterocycles. The zero-order valence-electron chi connectivity index (χ0n) is 13.2. The van der Waals surface area contributed by atoms with Crippen molar-refractivity contribution in [3.8, 4) is 5.75 Å². The van der Waals surface area contributed by atoms with Gasteiger partial charge in [0.05, 0.1) is 12.1 Å². The molecule has 22 heavy (non-hydrogen) atoms. The predicted octanol–water partition coefficient (Wildman–Crippen LogP) is 3.59. The maximum Gasteiger partial charge on any atom is 0.121 e. The highest BCUT2D eigenvalue weighted by Crippen LogP contribution is 2.31. The van der Waals surface area contributed by atoms with Crippen LogP contribution in [0, 0.1) is 6.92 Å². The molecule has 3 rings (SSSR count). The number of benzene rings is 1. The average molecular weight is 323 g/mol. The van der Waals surface area contributed by atoms with E-state index in [9.17, 15) is 0 Å². The summed E-state index contributed by atoms with van der Waals surface area (Å²) in [7, 11) is 1.68. The van der Waals surface area contributed by atoms with E-state index in [2.05, 4.69) is 28.9 Å². The maximum atomic E-state index is 5.68. The van der Waals surface area contributed by atoms with Crippen LogP contribution in [0.3, 0.4) is 0 Å². The van der Waals surface area contributed by atoms with Crippen LogP contribution in [0.2, 0.25) is 0 Å². The first-order chi connectivity index (χ1) is 10.3. The number of anilines is 1. The van der Waals surface area contributed by atoms with Gasteiger partial charge in [0.2, 0.25) is 0 Å². The van der Waals surface area contributed by atoms with Gasteiger partial charge in [0.1, 0.15) is 12.4 Å². The lowest BCUT2D eigenvalue weighted by molar-refractivity contribution is 0.146. The zero-order valence-corrected chi connectivity index (χ0v) is 14.0. The number of ether oxygens (including phenoxy) is 2. The number of rotatable bonds is 5. The zero-order chi connectivity index (χ0) is 14.7. The second-order valence-electron chi connectivity index (χ2n) is 5.50. The van der Waals surface area contributed by atoms with E-state index in [0.29, 0.717) is 13.2 Å². The number of aryl methyl sites for hydroxylation is 1. The van der Waals surface area contributed by atoms with Gasteiger partial charge in [0.25, 0.3) is 0 Å². The SMILES string of the molecule is COCCOc1ccc2c(N3CCCC3)cc(C)nc2c1.Cl. The summed E-state index contributed by atoms with van der Waals surface area (Å²) in [5.74, 6) is 0.852. The Balaban J connectivity index is 0.00000176. The van der Waals surface area contributed by atoms with Crippen molar-refractivity contribution in [1.82, 2.24) is 4.98 Å². The molecule has 0 unspecified atom stereocenters. The Hall–Kier alpha value is -1.52. The van der Waals surface area contributed by atoms with Crippen LogP contribution >= 0.6 is 12.4 Å². The van der Waals surface area contributed by atoms with Crippen molar-refractivity contribution < 1.29 is 9.47 Å². The van der Waals surface area contributed by atoms with Gasteiger partial charge in [-0.15, -0.1) is 12.4 Å². The molecule has 0 saturated carbocycles. The van der Waals surface area contributed by atoms with E-state index in [1.807, 2.05) is 12.1 Å². The largest absolute Gasteiger partial charge is 0.491 e. The van der Waals surface area contributed by atoms with E-state index in [-0.39, 0.29) is 12.4 Å². The first-order valence-electron chi connectivity index (χ1n) is 7.56. The molecule has 0 N–H and O–H groups in total. The quantitative estimate of drug-likeness (QED) is 0.788. The molecule has 2 aromatic rings. The van der Waals surface area contributed by atoms with Crippen LogP contribution in [0.15, 0.2) is 24.3 Å². The molecule has 1 aromatic carbocycles. The van der Waals surface area contributed by atoms with Gasteiger partial charge in [-0.3, -0.25) is 4.98 Å². The number of aromatic nitrogens is 1. The normalized spacial score (nSPS) is 14.2. The van der Waals surface area contributed by atoms with E-state index in [0.717, 1.165) is 30.0 Å². The average Bonchev–Trinajstić information content (AvgIpc) is 3.00. The van der Waals surface area contributed by atoms with Crippen LogP contribution in [-0.4, -0.2) is 38.4 Å². The van der Waals surface area contributed by atoms with E-state index < -0.39 is 0 Å². The van der Waals surface area contributed by atoms with Crippen molar-refractivity contribution in [2.75, 3.05) is 38.3 Å². The topological polar surface area (TPSA) is 34.6 Å². The Kier molecular flexibility index (Phi) is 5.86. The fraction of sp³-hybridized carbons (Fsp3) is 0.471. The molecule has 1 saturated heterocycles. The van der Waals surface area contributed by atoms with Crippen molar-refractivity contribution in [2.24, 2.45) is 0 Å². The van der Waals surface area contributed by atoms with Crippen LogP contribution < -0.4 is 9.64 Å². The number of hydrogen-bond donors (Lipinski definition) is 0. The third kappa shape index (κ3) is 3.62. The maximum absolute atomic E-state index is 5.68. The molecule has 2 heterocycles. The molecule has 0 bridgehead atoms. The van der Waals surface area contributed by atoms with E-state index >= 15 is 0 Å². The van der Waals surface area contributed by atoms with Gasteiger partial charge in [-0.25, -0.2) is 0 Å². The van der Waals surface area contributed by atoms with Crippen molar-refractivity contribution in [1.29, 1.82) is 0 Å². The molecule has 4 nitrogen and oxygen atoms in total. The van der Waals surface area contributed by atoms with Gasteiger partial charge in [-0.2, -0.15) is 0 Å². The number of halogens is 1. The molecule has 1 aliphatic rings. The summed E-state index contributed by atoms with van der Waals surface area (Å²) in [4.78, 5) is 7.12. The van der Waals surface area contributed by atoms with Gasteiger partial charge in [0.15, 0.2) is 0 Å². The van der Waals surface area contributed by atoms with Gasteiger partial charge in [0, 0.05) is 43.0 Å². The van der Waals surface area contributed by atoms with Crippen LogP contribution in [0.25, 0.3) is 10.9 Å². The van der Waals surface area contributed by atoms with Gasteiger partial charge in [-0.1, -0.05) is 0 Å². The Morgan fingerprint density at radius 1 is 1.14 bits per heavy atom. The van der Waals surface area contributed by atoms with E-state index in [1.54, 1.807) is 7.11 Å². The highest BCUT2D eigenvalue weighted by molar-refractivity contribution is 5.93. The predicted molar refractivity (Wildman–Crippen MR) is 92.5 cm³/mol. The first-order valence-corrected chi connectivity index (χ1v) is 7.56. The molecule has 5 heteroatoms. The summed E-state index contributed by atoms with van der Waals surface area (Å²) >= 11 is 0. The molecule has 0 aliphatic carbocycles. The molecule has 0 amide bonds. The molecule has 0 atom stereocenters. The van der Waals surface area contributed by atoms with Crippen LogP contribution in [-0.2, 0) is 4.74 Å². The fourth-order valence-corrected chi connectivity index (χ4v) is 2.87. The van der Waals surface area contributed by atoms with Gasteiger partial charge in [-0.05, 0) is 38.0 Å². The molecular formula is C17H23ClN2O2. The summed E-state index contributed by atoms with van der Waals surface area (Å²) in [5, 5.41) is 1.21. The number of nitrogens with zero attached hydrogens (tertiary/aromatic N) is 2. The summed E-state index contributed by atoms with van der Waals surface area (Å²) in [6, 6.07) is 8.36. The van der Waals surface area contributed by atoms with Crippen LogP contribution in [0.4, 0.5) is 5.69 Å². The summed E-state index contributed by atoms with van der Waals surface area (Å²) in [5.41, 5.74) is 3.36. The molecule has 0 spiro atoms. The summed E-state index contributed by atoms with van der Waals surface area (Å²) in [6.07, 6.45) is 2.56. The van der Waals surface area contributed by atoms with E-state index in [1.165, 1.54) is 23.9 Å². The minimum atomic E-state index is 0. The number of fused-ring (bicyclic) bond motifs is 1. The van der Waals surface area contributed by atoms with Crippen LogP contribution in [0.1, 0.15) is 18.5 Å². The second-order valence-corrected chi connectivity index (χ2v) is 5.50. The smallest absolute Gasteiger partial charge is 0.121 e. The minimum Gasteiger partial charge on any atom is -0.491 e. The third-order valence-corrected chi connectivity index (χ3v) is 3.89. The first kappa shape index (κ1) is 16.8. The lowest BCUT2D eigenvalue weighted by Crippen LogP contribution is -2.18. The van der Waals surface area contributed by atoms with Gasteiger partial charge >= 0.3 is 0 Å². The van der Waals surface area contributed by atoms with E-state index in [4.69, 9.17) is 9.47 Å². The molecule has 1 fully saturated rings. The highest BCUT2D eigenvalue weighted by Gasteiger charge is 2.16. The Bertz CT molecular complexity index is 627. The van der Waals surface area contributed by atoms with Crippen molar-refractivity contribution in [3.05, 3.63) is 30.0 Å². The van der Waals surface area contributed by atoms with Crippen molar-refractivity contribution >= 4 is 29.0 Å². The minimum absolute atomic E-state index is 0. The second kappa shape index (κ2) is 7.65. The Morgan fingerprint density at radius 3 is 2.64 bits per heavy atom. The number of pyridine rings is 1. The van der Waals surface area contributed by atoms with Crippen molar-refractivity contribution in [3.63, 3.8) is 0 Å². The lowest BCUT2D eigenvalue weighted by Gasteiger charge is -2.20. The Labute approximate surface area is 137 Å². The molecule has 1 aromatic heterocycles. The summed E-state index contributed by atoms with van der Waals surface area (Å²) in [6.45, 7) is 5.50. The molecular weight excluding hydrogens is 300 g/mol. The Morgan fingerprint density at radius 2 is 1.91 bits per heavy atom. The van der Waals surface area contributed by atoms with Crippen LogP contribution in [0.5, 0.6) is 5.75 Å². The number of methoxy groups -OCH3 is 1.